The third kappa shape index (κ3) is 3.39. The first-order valence-electron chi connectivity index (χ1n) is 6.13. The predicted octanol–water partition coefficient (Wildman–Crippen LogP) is 4.09. The minimum atomic E-state index is 0.0608. The molecule has 96 valence electrons. The van der Waals surface area contributed by atoms with Gasteiger partial charge in [-0.1, -0.05) is 19.9 Å². The molecule has 3 heteroatoms. The van der Waals surface area contributed by atoms with Gasteiger partial charge in [-0.05, 0) is 36.3 Å². The van der Waals surface area contributed by atoms with Crippen LogP contribution in [0.5, 0.6) is 0 Å². The molecule has 18 heavy (non-hydrogen) atoms. The number of anilines is 1. The molecule has 0 unspecified atom stereocenters. The third-order valence-corrected chi connectivity index (χ3v) is 3.76. The van der Waals surface area contributed by atoms with E-state index >= 15 is 0 Å². The molecule has 0 aliphatic heterocycles. The van der Waals surface area contributed by atoms with Crippen LogP contribution in [0.2, 0.25) is 0 Å². The average Bonchev–Trinajstić information content (AvgIpc) is 2.26. The van der Waals surface area contributed by atoms with E-state index in [0.29, 0.717) is 6.42 Å². The van der Waals surface area contributed by atoms with Crippen LogP contribution in [-0.2, 0) is 4.79 Å². The van der Waals surface area contributed by atoms with Crippen molar-refractivity contribution in [1.82, 2.24) is 0 Å². The predicted molar refractivity (Wildman–Crippen MR) is 78.0 cm³/mol. The maximum atomic E-state index is 11.7. The molecule has 1 aromatic rings. The lowest BCUT2D eigenvalue weighted by molar-refractivity contribution is -0.117. The topological polar surface area (TPSA) is 29.1 Å². The van der Waals surface area contributed by atoms with E-state index < -0.39 is 0 Å². The molecule has 0 saturated heterocycles. The van der Waals surface area contributed by atoms with Gasteiger partial charge in [-0.2, -0.15) is 0 Å². The first kappa shape index (κ1) is 13.2. The number of rotatable bonds is 3. The third-order valence-electron chi connectivity index (χ3n) is 3.03. The molecule has 0 saturated carbocycles. The Kier molecular flexibility index (Phi) is 3.81. The first-order valence-corrected chi connectivity index (χ1v) is 7.35. The van der Waals surface area contributed by atoms with Crippen LogP contribution >= 0.6 is 11.8 Å². The highest BCUT2D eigenvalue weighted by Crippen LogP contribution is 2.34. The summed E-state index contributed by atoms with van der Waals surface area (Å²) in [6.07, 6.45) is 5.37. The number of carbonyl (C=O) groups is 1. The summed E-state index contributed by atoms with van der Waals surface area (Å²) in [5.41, 5.74) is 2.14. The van der Waals surface area contributed by atoms with Crippen LogP contribution in [0.15, 0.2) is 40.9 Å². The molecule has 0 radical (unpaired) electrons. The number of nitrogens with one attached hydrogen (secondary N) is 1. The lowest BCUT2D eigenvalue weighted by Gasteiger charge is -2.29. The molecule has 0 heterocycles. The second-order valence-electron chi connectivity index (χ2n) is 5.51. The van der Waals surface area contributed by atoms with Crippen molar-refractivity contribution >= 4 is 23.2 Å². The number of benzene rings is 1. The zero-order chi connectivity index (χ0) is 13.2. The number of thioether (sulfide) groups is 1. The summed E-state index contributed by atoms with van der Waals surface area (Å²) in [7, 11) is 0. The summed E-state index contributed by atoms with van der Waals surface area (Å²) in [5, 5.41) is 3.37. The Morgan fingerprint density at radius 2 is 2.06 bits per heavy atom. The minimum Gasteiger partial charge on any atom is -0.359 e. The van der Waals surface area contributed by atoms with Gasteiger partial charge < -0.3 is 5.32 Å². The van der Waals surface area contributed by atoms with Crippen LogP contribution in [0.4, 0.5) is 5.69 Å². The molecule has 0 bridgehead atoms. The van der Waals surface area contributed by atoms with Crippen LogP contribution < -0.4 is 5.32 Å². The van der Waals surface area contributed by atoms with Gasteiger partial charge in [-0.25, -0.2) is 0 Å². The summed E-state index contributed by atoms with van der Waals surface area (Å²) in [6, 6.07) is 8.26. The van der Waals surface area contributed by atoms with Crippen molar-refractivity contribution in [3.05, 3.63) is 36.0 Å². The zero-order valence-corrected chi connectivity index (χ0v) is 11.9. The van der Waals surface area contributed by atoms with Crippen LogP contribution in [0.3, 0.4) is 0 Å². The largest absolute Gasteiger partial charge is 0.359 e. The highest BCUT2D eigenvalue weighted by Gasteiger charge is 2.27. The summed E-state index contributed by atoms with van der Waals surface area (Å²) in [4.78, 5) is 12.9. The van der Waals surface area contributed by atoms with Crippen LogP contribution in [0, 0.1) is 5.41 Å². The van der Waals surface area contributed by atoms with E-state index in [-0.39, 0.29) is 11.2 Å². The standard InChI is InChI=1S/C15H19NOS/c1-15(2)9-12(7-13(17)10-15)16-11-5-4-6-14(8-11)18-3/h4-8,16H,9-10H2,1-3H3. The second kappa shape index (κ2) is 5.19. The zero-order valence-electron chi connectivity index (χ0n) is 11.1. The van der Waals surface area contributed by atoms with Gasteiger partial charge >= 0.3 is 0 Å². The van der Waals surface area contributed by atoms with Crippen LogP contribution in [0.25, 0.3) is 0 Å². The molecule has 0 fully saturated rings. The molecule has 1 aliphatic rings. The summed E-state index contributed by atoms with van der Waals surface area (Å²) < 4.78 is 0. The van der Waals surface area contributed by atoms with E-state index in [4.69, 9.17) is 0 Å². The first-order chi connectivity index (χ1) is 8.48. The molecule has 0 atom stereocenters. The molecule has 0 aromatic heterocycles. The highest BCUT2D eigenvalue weighted by atomic mass is 32.2. The molecule has 2 nitrogen and oxygen atoms in total. The summed E-state index contributed by atoms with van der Waals surface area (Å²) in [5.74, 6) is 0.217. The normalized spacial score (nSPS) is 18.4. The minimum absolute atomic E-state index is 0.0608. The van der Waals surface area contributed by atoms with Gasteiger partial charge in [0, 0.05) is 28.8 Å². The fourth-order valence-corrected chi connectivity index (χ4v) is 2.77. The van der Waals surface area contributed by atoms with Gasteiger partial charge in [0.25, 0.3) is 0 Å². The number of ketones is 1. The Morgan fingerprint density at radius 1 is 1.28 bits per heavy atom. The molecule has 1 N–H and O–H groups in total. The molecular weight excluding hydrogens is 242 g/mol. The molecular formula is C15H19NOS. The van der Waals surface area contributed by atoms with Crippen LogP contribution in [-0.4, -0.2) is 12.0 Å². The lowest BCUT2D eigenvalue weighted by Crippen LogP contribution is -2.24. The SMILES string of the molecule is CSc1cccc(NC2=CC(=O)CC(C)(C)C2)c1. The molecule has 2 rings (SSSR count). The Balaban J connectivity index is 2.15. The Labute approximate surface area is 113 Å². The van der Waals surface area contributed by atoms with Crippen molar-refractivity contribution in [2.24, 2.45) is 5.41 Å². The Bertz CT molecular complexity index is 491. The van der Waals surface area contributed by atoms with Crippen molar-refractivity contribution in [2.45, 2.75) is 31.6 Å². The van der Waals surface area contributed by atoms with Crippen molar-refractivity contribution in [3.63, 3.8) is 0 Å². The van der Waals surface area contributed by atoms with Gasteiger partial charge in [0.2, 0.25) is 0 Å². The van der Waals surface area contributed by atoms with Gasteiger partial charge in [0.05, 0.1) is 0 Å². The second-order valence-corrected chi connectivity index (χ2v) is 6.39. The average molecular weight is 261 g/mol. The Morgan fingerprint density at radius 3 is 2.72 bits per heavy atom. The highest BCUT2D eigenvalue weighted by molar-refractivity contribution is 7.98. The molecule has 0 spiro atoms. The van der Waals surface area contributed by atoms with E-state index in [1.54, 1.807) is 17.8 Å². The number of allylic oxidation sites excluding steroid dienone is 2. The van der Waals surface area contributed by atoms with Crippen molar-refractivity contribution < 1.29 is 4.79 Å². The fraction of sp³-hybridized carbons (Fsp3) is 0.400. The molecule has 1 aliphatic carbocycles. The van der Waals surface area contributed by atoms with Gasteiger partial charge in [-0.3, -0.25) is 4.79 Å². The van der Waals surface area contributed by atoms with E-state index in [9.17, 15) is 4.79 Å². The van der Waals surface area contributed by atoms with E-state index in [1.165, 1.54) is 4.90 Å². The molecule has 1 aromatic carbocycles. The fourth-order valence-electron chi connectivity index (χ4n) is 2.31. The van der Waals surface area contributed by atoms with Gasteiger partial charge in [-0.15, -0.1) is 11.8 Å². The van der Waals surface area contributed by atoms with E-state index in [0.717, 1.165) is 17.8 Å². The summed E-state index contributed by atoms with van der Waals surface area (Å²) >= 11 is 1.72. The van der Waals surface area contributed by atoms with E-state index in [1.807, 2.05) is 12.1 Å². The quantitative estimate of drug-likeness (QED) is 0.831. The number of hydrogen-bond acceptors (Lipinski definition) is 3. The van der Waals surface area contributed by atoms with Crippen molar-refractivity contribution in [1.29, 1.82) is 0 Å². The van der Waals surface area contributed by atoms with E-state index in [2.05, 4.69) is 37.6 Å². The van der Waals surface area contributed by atoms with Gasteiger partial charge in [0.15, 0.2) is 5.78 Å². The number of carbonyl (C=O) groups excluding carboxylic acids is 1. The lowest BCUT2D eigenvalue weighted by atomic mass is 9.79. The van der Waals surface area contributed by atoms with Crippen LogP contribution in [0.1, 0.15) is 26.7 Å². The Hall–Kier alpha value is -1.22. The smallest absolute Gasteiger partial charge is 0.157 e. The maximum absolute atomic E-state index is 11.7. The number of hydrogen-bond donors (Lipinski definition) is 1. The van der Waals surface area contributed by atoms with Crippen molar-refractivity contribution in [2.75, 3.05) is 11.6 Å². The van der Waals surface area contributed by atoms with Crippen molar-refractivity contribution in [3.8, 4) is 0 Å². The van der Waals surface area contributed by atoms with Gasteiger partial charge in [0.1, 0.15) is 0 Å². The molecule has 0 amide bonds. The summed E-state index contributed by atoms with van der Waals surface area (Å²) in [6.45, 7) is 4.27. The maximum Gasteiger partial charge on any atom is 0.157 e. The monoisotopic (exact) mass is 261 g/mol.